The molecule has 1 N–H and O–H groups in total. The molecule has 0 heterocycles. The molecule has 0 aliphatic rings. The maximum Gasteiger partial charge on any atom is 0.271 e. The van der Waals surface area contributed by atoms with Gasteiger partial charge in [-0.3, -0.25) is 15.0 Å². The van der Waals surface area contributed by atoms with Gasteiger partial charge in [-0.15, -0.1) is 0 Å². The highest BCUT2D eigenvalue weighted by molar-refractivity contribution is 6.33. The fourth-order valence-electron chi connectivity index (χ4n) is 2.29. The Hall–Kier alpha value is -2.11. The maximum absolute atomic E-state index is 10.8. The molecule has 24 heavy (non-hydrogen) atoms. The van der Waals surface area contributed by atoms with E-state index in [4.69, 9.17) is 11.6 Å². The number of anilines is 1. The van der Waals surface area contributed by atoms with Crippen LogP contribution in [0.5, 0.6) is 0 Å². The van der Waals surface area contributed by atoms with Crippen molar-refractivity contribution >= 4 is 23.0 Å². The molecule has 0 amide bonds. The van der Waals surface area contributed by atoms with Crippen LogP contribution in [-0.2, 0) is 13.1 Å². The summed E-state index contributed by atoms with van der Waals surface area (Å²) in [7, 11) is 2.10. The molecule has 0 aliphatic carbocycles. The number of halogens is 1. The minimum atomic E-state index is -0.452. The molecular weight excluding hydrogens is 326 g/mol. The molecule has 0 bridgehead atoms. The van der Waals surface area contributed by atoms with E-state index >= 15 is 0 Å². The molecule has 2 aromatic rings. The van der Waals surface area contributed by atoms with E-state index < -0.39 is 4.92 Å². The quantitative estimate of drug-likeness (QED) is 0.582. The molecule has 0 saturated carbocycles. The molecule has 128 valence electrons. The smallest absolute Gasteiger partial charge is 0.271 e. The van der Waals surface area contributed by atoms with E-state index in [-0.39, 0.29) is 5.69 Å². The second-order valence-corrected chi connectivity index (χ2v) is 6.46. The van der Waals surface area contributed by atoms with Crippen LogP contribution in [0.15, 0.2) is 42.5 Å². The van der Waals surface area contributed by atoms with Gasteiger partial charge < -0.3 is 5.32 Å². The second kappa shape index (κ2) is 8.13. The van der Waals surface area contributed by atoms with E-state index in [1.165, 1.54) is 23.3 Å². The zero-order valence-corrected chi connectivity index (χ0v) is 14.9. The molecule has 0 saturated heterocycles. The predicted octanol–water partition coefficient (Wildman–Crippen LogP) is 4.70. The zero-order chi connectivity index (χ0) is 17.7. The summed E-state index contributed by atoms with van der Waals surface area (Å²) >= 11 is 6.13. The van der Waals surface area contributed by atoms with E-state index in [1.54, 1.807) is 6.07 Å². The van der Waals surface area contributed by atoms with Gasteiger partial charge in [-0.1, -0.05) is 35.9 Å². The lowest BCUT2D eigenvalue weighted by molar-refractivity contribution is -0.384. The maximum atomic E-state index is 10.8. The molecule has 0 unspecified atom stereocenters. The molecule has 0 atom stereocenters. The Kier molecular flexibility index (Phi) is 6.17. The molecular formula is C18H22ClN3O2. The minimum Gasteiger partial charge on any atom is -0.380 e. The zero-order valence-electron chi connectivity index (χ0n) is 14.1. The topological polar surface area (TPSA) is 58.4 Å². The van der Waals surface area contributed by atoms with Crippen LogP contribution in [0.2, 0.25) is 5.02 Å². The van der Waals surface area contributed by atoms with Gasteiger partial charge in [0, 0.05) is 31.3 Å². The van der Waals surface area contributed by atoms with Crippen LogP contribution in [0, 0.1) is 10.1 Å². The number of nitro groups is 1. The summed E-state index contributed by atoms with van der Waals surface area (Å²) in [5.41, 5.74) is 3.11. The SMILES string of the molecule is CC(C)N(C)Cc1ccccc1CNc1ccc([N+](=O)[O-])cc1Cl. The van der Waals surface area contributed by atoms with Crippen LogP contribution in [0.4, 0.5) is 11.4 Å². The van der Waals surface area contributed by atoms with Crippen LogP contribution in [0.3, 0.4) is 0 Å². The van der Waals surface area contributed by atoms with Crippen molar-refractivity contribution in [1.82, 2.24) is 4.90 Å². The first-order valence-electron chi connectivity index (χ1n) is 7.83. The summed E-state index contributed by atoms with van der Waals surface area (Å²) in [6.07, 6.45) is 0. The van der Waals surface area contributed by atoms with Crippen LogP contribution >= 0.6 is 11.6 Å². The number of hydrogen-bond acceptors (Lipinski definition) is 4. The van der Waals surface area contributed by atoms with Gasteiger partial charge in [0.15, 0.2) is 0 Å². The Morgan fingerprint density at radius 1 is 1.21 bits per heavy atom. The van der Waals surface area contributed by atoms with E-state index in [9.17, 15) is 10.1 Å². The van der Waals surface area contributed by atoms with Crippen molar-refractivity contribution in [3.8, 4) is 0 Å². The Balaban J connectivity index is 2.11. The van der Waals surface area contributed by atoms with Crippen molar-refractivity contribution in [2.24, 2.45) is 0 Å². The predicted molar refractivity (Wildman–Crippen MR) is 98.5 cm³/mol. The first-order chi connectivity index (χ1) is 11.4. The van der Waals surface area contributed by atoms with Crippen molar-refractivity contribution in [2.75, 3.05) is 12.4 Å². The van der Waals surface area contributed by atoms with Gasteiger partial charge in [0.2, 0.25) is 0 Å². The van der Waals surface area contributed by atoms with E-state index in [0.29, 0.717) is 23.3 Å². The van der Waals surface area contributed by atoms with Crippen molar-refractivity contribution in [1.29, 1.82) is 0 Å². The van der Waals surface area contributed by atoms with E-state index in [2.05, 4.69) is 43.2 Å². The molecule has 6 heteroatoms. The third-order valence-corrected chi connectivity index (χ3v) is 4.37. The van der Waals surface area contributed by atoms with Gasteiger partial charge >= 0.3 is 0 Å². The Labute approximate surface area is 147 Å². The lowest BCUT2D eigenvalue weighted by Crippen LogP contribution is -2.26. The average molecular weight is 348 g/mol. The van der Waals surface area contributed by atoms with Gasteiger partial charge in [-0.05, 0) is 38.1 Å². The van der Waals surface area contributed by atoms with Crippen LogP contribution < -0.4 is 5.32 Å². The molecule has 5 nitrogen and oxygen atoms in total. The number of rotatable bonds is 7. The van der Waals surface area contributed by atoms with Crippen molar-refractivity contribution < 1.29 is 4.92 Å². The van der Waals surface area contributed by atoms with E-state index in [0.717, 1.165) is 6.54 Å². The highest BCUT2D eigenvalue weighted by Gasteiger charge is 2.11. The normalized spacial score (nSPS) is 11.1. The fraction of sp³-hybridized carbons (Fsp3) is 0.333. The van der Waals surface area contributed by atoms with Gasteiger partial charge in [0.1, 0.15) is 0 Å². The molecule has 0 spiro atoms. The largest absolute Gasteiger partial charge is 0.380 e. The lowest BCUT2D eigenvalue weighted by atomic mass is 10.1. The van der Waals surface area contributed by atoms with Crippen molar-refractivity contribution in [2.45, 2.75) is 33.0 Å². The van der Waals surface area contributed by atoms with Gasteiger partial charge in [-0.25, -0.2) is 0 Å². The molecule has 0 aromatic heterocycles. The molecule has 2 aromatic carbocycles. The van der Waals surface area contributed by atoms with Crippen molar-refractivity contribution in [3.63, 3.8) is 0 Å². The number of nitrogens with zero attached hydrogens (tertiary/aromatic N) is 2. The Morgan fingerprint density at radius 2 is 1.88 bits per heavy atom. The molecule has 0 radical (unpaired) electrons. The number of nitro benzene ring substituents is 1. The van der Waals surface area contributed by atoms with Gasteiger partial charge in [0.05, 0.1) is 15.6 Å². The summed E-state index contributed by atoms with van der Waals surface area (Å²) in [5.74, 6) is 0. The summed E-state index contributed by atoms with van der Waals surface area (Å²) in [4.78, 5) is 12.6. The summed E-state index contributed by atoms with van der Waals surface area (Å²) < 4.78 is 0. The molecule has 0 aliphatic heterocycles. The summed E-state index contributed by atoms with van der Waals surface area (Å²) in [6.45, 7) is 5.80. The third kappa shape index (κ3) is 4.69. The average Bonchev–Trinajstić information content (AvgIpc) is 2.54. The van der Waals surface area contributed by atoms with E-state index in [1.807, 2.05) is 12.1 Å². The Morgan fingerprint density at radius 3 is 2.46 bits per heavy atom. The fourth-order valence-corrected chi connectivity index (χ4v) is 2.53. The minimum absolute atomic E-state index is 0.00971. The second-order valence-electron chi connectivity index (χ2n) is 6.05. The lowest BCUT2D eigenvalue weighted by Gasteiger charge is -2.22. The number of hydrogen-bond donors (Lipinski definition) is 1. The third-order valence-electron chi connectivity index (χ3n) is 4.05. The van der Waals surface area contributed by atoms with Crippen LogP contribution in [-0.4, -0.2) is 22.9 Å². The molecule has 0 fully saturated rings. The monoisotopic (exact) mass is 347 g/mol. The number of benzene rings is 2. The Bertz CT molecular complexity index is 719. The number of nitrogens with one attached hydrogen (secondary N) is 1. The molecule has 2 rings (SSSR count). The summed E-state index contributed by atoms with van der Waals surface area (Å²) in [6, 6.07) is 13.2. The summed E-state index contributed by atoms with van der Waals surface area (Å²) in [5, 5.41) is 14.4. The first kappa shape index (κ1) is 18.2. The van der Waals surface area contributed by atoms with Crippen molar-refractivity contribution in [3.05, 3.63) is 68.7 Å². The standard InChI is InChI=1S/C18H22ClN3O2/c1-13(2)21(3)12-15-7-5-4-6-14(15)11-20-18-9-8-16(22(23)24)10-17(18)19/h4-10,13,20H,11-12H2,1-3H3. The van der Waals surface area contributed by atoms with Crippen LogP contribution in [0.25, 0.3) is 0 Å². The van der Waals surface area contributed by atoms with Crippen LogP contribution in [0.1, 0.15) is 25.0 Å². The van der Waals surface area contributed by atoms with Gasteiger partial charge in [0.25, 0.3) is 5.69 Å². The number of non-ortho nitro benzene ring substituents is 1. The highest BCUT2D eigenvalue weighted by Crippen LogP contribution is 2.27. The van der Waals surface area contributed by atoms with Gasteiger partial charge in [-0.2, -0.15) is 0 Å². The first-order valence-corrected chi connectivity index (χ1v) is 8.21. The highest BCUT2D eigenvalue weighted by atomic mass is 35.5.